The molecule has 0 saturated heterocycles. The molecule has 4 rings (SSSR count). The van der Waals surface area contributed by atoms with Crippen molar-refractivity contribution < 1.29 is 18.3 Å². The fraction of sp³-hybridized carbons (Fsp3) is 0.0500. The Morgan fingerprint density at radius 3 is 2.73 bits per heavy atom. The van der Waals surface area contributed by atoms with E-state index < -0.39 is 11.8 Å². The van der Waals surface area contributed by atoms with E-state index in [1.54, 1.807) is 54.7 Å². The maximum Gasteiger partial charge on any atom is 0.315 e. The predicted octanol–water partition coefficient (Wildman–Crippen LogP) is 4.18. The summed E-state index contributed by atoms with van der Waals surface area (Å²) in [5, 5.41) is 0. The van der Waals surface area contributed by atoms with E-state index in [-0.39, 0.29) is 12.0 Å². The van der Waals surface area contributed by atoms with Crippen LogP contribution in [0, 0.1) is 5.82 Å². The van der Waals surface area contributed by atoms with Crippen LogP contribution in [-0.2, 0) is 11.2 Å². The average Bonchev–Trinajstić information content (AvgIpc) is 3.08. The van der Waals surface area contributed by atoms with Crippen molar-refractivity contribution in [2.45, 2.75) is 6.42 Å². The summed E-state index contributed by atoms with van der Waals surface area (Å²) in [6, 6.07) is 16.4. The van der Waals surface area contributed by atoms with Crippen molar-refractivity contribution in [3.8, 4) is 17.3 Å². The quantitative estimate of drug-likeness (QED) is 0.409. The molecule has 0 radical (unpaired) electrons. The van der Waals surface area contributed by atoms with Crippen LogP contribution < -0.4 is 4.74 Å². The van der Waals surface area contributed by atoms with E-state index in [0.29, 0.717) is 28.4 Å². The standard InChI is InChI=1S/C20H13FN2O3/c21-15-6-2-1-5-13(15)11-19(24)25-14-8-9-16-18(12-14)26-20(23-16)17-7-3-4-10-22-17/h1-10,12H,11H2. The van der Waals surface area contributed by atoms with Crippen LogP contribution in [0.1, 0.15) is 5.56 Å². The van der Waals surface area contributed by atoms with Crippen molar-refractivity contribution in [2.24, 2.45) is 0 Å². The third-order valence-corrected chi connectivity index (χ3v) is 3.77. The number of hydrogen-bond acceptors (Lipinski definition) is 5. The minimum Gasteiger partial charge on any atom is -0.435 e. The molecule has 0 fully saturated rings. The average molecular weight is 348 g/mol. The molecular formula is C20H13FN2O3. The number of pyridine rings is 1. The second-order valence-corrected chi connectivity index (χ2v) is 5.61. The lowest BCUT2D eigenvalue weighted by Gasteiger charge is -2.05. The van der Waals surface area contributed by atoms with Crippen molar-refractivity contribution in [3.05, 3.63) is 78.2 Å². The first-order chi connectivity index (χ1) is 12.7. The van der Waals surface area contributed by atoms with Crippen LogP contribution in [-0.4, -0.2) is 15.9 Å². The van der Waals surface area contributed by atoms with Gasteiger partial charge in [0.05, 0.1) is 6.42 Å². The third-order valence-electron chi connectivity index (χ3n) is 3.77. The number of oxazole rings is 1. The highest BCUT2D eigenvalue weighted by Gasteiger charge is 2.13. The molecule has 0 atom stereocenters. The predicted molar refractivity (Wildman–Crippen MR) is 93.0 cm³/mol. The number of aromatic nitrogens is 2. The van der Waals surface area contributed by atoms with Crippen molar-refractivity contribution in [2.75, 3.05) is 0 Å². The molecule has 0 bridgehead atoms. The van der Waals surface area contributed by atoms with Crippen LogP contribution in [0.4, 0.5) is 4.39 Å². The Morgan fingerprint density at radius 2 is 1.92 bits per heavy atom. The summed E-state index contributed by atoms with van der Waals surface area (Å²) in [5.41, 5.74) is 2.00. The van der Waals surface area contributed by atoms with Gasteiger partial charge in [-0.2, -0.15) is 0 Å². The number of nitrogens with zero attached hydrogens (tertiary/aromatic N) is 2. The molecular weight excluding hydrogens is 335 g/mol. The first-order valence-electron chi connectivity index (χ1n) is 7.95. The van der Waals surface area contributed by atoms with Crippen LogP contribution in [0.3, 0.4) is 0 Å². The van der Waals surface area contributed by atoms with E-state index in [9.17, 15) is 9.18 Å². The summed E-state index contributed by atoms with van der Waals surface area (Å²) in [6.07, 6.45) is 1.50. The summed E-state index contributed by atoms with van der Waals surface area (Å²) in [5.74, 6) is -0.299. The third kappa shape index (κ3) is 3.30. The lowest BCUT2D eigenvalue weighted by Crippen LogP contribution is -2.12. The monoisotopic (exact) mass is 348 g/mol. The second kappa shape index (κ2) is 6.76. The number of rotatable bonds is 4. The Labute approximate surface area is 148 Å². The van der Waals surface area contributed by atoms with Crippen molar-refractivity contribution in [3.63, 3.8) is 0 Å². The summed E-state index contributed by atoms with van der Waals surface area (Å²) >= 11 is 0. The van der Waals surface area contributed by atoms with Gasteiger partial charge in [0.1, 0.15) is 22.8 Å². The summed E-state index contributed by atoms with van der Waals surface area (Å²) in [4.78, 5) is 20.6. The van der Waals surface area contributed by atoms with E-state index in [2.05, 4.69) is 9.97 Å². The number of hydrogen-bond donors (Lipinski definition) is 0. The molecule has 6 heteroatoms. The maximum absolute atomic E-state index is 13.6. The summed E-state index contributed by atoms with van der Waals surface area (Å²) in [7, 11) is 0. The van der Waals surface area contributed by atoms with Crippen LogP contribution >= 0.6 is 0 Å². The summed E-state index contributed by atoms with van der Waals surface area (Å²) < 4.78 is 24.6. The van der Waals surface area contributed by atoms with E-state index in [0.717, 1.165) is 0 Å². The molecule has 0 aliphatic carbocycles. The first-order valence-corrected chi connectivity index (χ1v) is 7.95. The van der Waals surface area contributed by atoms with E-state index in [4.69, 9.17) is 9.15 Å². The van der Waals surface area contributed by atoms with Gasteiger partial charge >= 0.3 is 5.97 Å². The minimum atomic E-state index is -0.557. The fourth-order valence-corrected chi connectivity index (χ4v) is 2.53. The molecule has 128 valence electrons. The van der Waals surface area contributed by atoms with E-state index in [1.807, 2.05) is 6.07 Å². The molecule has 0 amide bonds. The van der Waals surface area contributed by atoms with Gasteiger partial charge in [-0.15, -0.1) is 0 Å². The largest absolute Gasteiger partial charge is 0.435 e. The highest BCUT2D eigenvalue weighted by Crippen LogP contribution is 2.26. The van der Waals surface area contributed by atoms with Gasteiger partial charge in [0.2, 0.25) is 5.89 Å². The molecule has 4 aromatic rings. The van der Waals surface area contributed by atoms with Gasteiger partial charge in [0.25, 0.3) is 0 Å². The van der Waals surface area contributed by atoms with Crippen LogP contribution in [0.25, 0.3) is 22.7 Å². The van der Waals surface area contributed by atoms with Gasteiger partial charge in [-0.3, -0.25) is 9.78 Å². The normalized spacial score (nSPS) is 10.8. The number of carbonyl (C=O) groups is 1. The number of fused-ring (bicyclic) bond motifs is 1. The molecule has 2 aromatic heterocycles. The SMILES string of the molecule is O=C(Cc1ccccc1F)Oc1ccc2nc(-c3ccccn3)oc2c1. The Kier molecular flexibility index (Phi) is 4.15. The molecule has 5 nitrogen and oxygen atoms in total. The zero-order valence-corrected chi connectivity index (χ0v) is 13.6. The first kappa shape index (κ1) is 16.0. The molecule has 0 unspecified atom stereocenters. The molecule has 0 saturated carbocycles. The van der Waals surface area contributed by atoms with Crippen molar-refractivity contribution >= 4 is 17.1 Å². The number of ether oxygens (including phenoxy) is 1. The molecule has 2 aromatic carbocycles. The Bertz CT molecular complexity index is 1080. The second-order valence-electron chi connectivity index (χ2n) is 5.61. The number of benzene rings is 2. The van der Waals surface area contributed by atoms with Crippen molar-refractivity contribution in [1.82, 2.24) is 9.97 Å². The highest BCUT2D eigenvalue weighted by atomic mass is 19.1. The van der Waals surface area contributed by atoms with Gasteiger partial charge in [-0.25, -0.2) is 9.37 Å². The Hall–Kier alpha value is -3.54. The van der Waals surface area contributed by atoms with Gasteiger partial charge in [0, 0.05) is 12.3 Å². The van der Waals surface area contributed by atoms with Crippen LogP contribution in [0.2, 0.25) is 0 Å². The lowest BCUT2D eigenvalue weighted by molar-refractivity contribution is -0.133. The topological polar surface area (TPSA) is 65.2 Å². The fourth-order valence-electron chi connectivity index (χ4n) is 2.53. The molecule has 0 N–H and O–H groups in total. The van der Waals surface area contributed by atoms with Crippen LogP contribution in [0.15, 0.2) is 71.3 Å². The smallest absolute Gasteiger partial charge is 0.315 e. The zero-order chi connectivity index (χ0) is 17.9. The Balaban J connectivity index is 1.54. The van der Waals surface area contributed by atoms with Gasteiger partial charge in [-0.1, -0.05) is 24.3 Å². The summed E-state index contributed by atoms with van der Waals surface area (Å²) in [6.45, 7) is 0. The molecule has 2 heterocycles. The lowest BCUT2D eigenvalue weighted by atomic mass is 10.1. The number of carbonyl (C=O) groups excluding carboxylic acids is 1. The van der Waals surface area contributed by atoms with Crippen molar-refractivity contribution in [1.29, 1.82) is 0 Å². The number of halogens is 1. The van der Waals surface area contributed by atoms with E-state index in [1.165, 1.54) is 6.07 Å². The Morgan fingerprint density at radius 1 is 1.08 bits per heavy atom. The van der Waals surface area contributed by atoms with Crippen LogP contribution in [0.5, 0.6) is 5.75 Å². The van der Waals surface area contributed by atoms with Gasteiger partial charge in [0.15, 0.2) is 5.58 Å². The maximum atomic E-state index is 13.6. The molecule has 0 aliphatic heterocycles. The molecule has 0 spiro atoms. The van der Waals surface area contributed by atoms with Gasteiger partial charge in [-0.05, 0) is 35.9 Å². The highest BCUT2D eigenvalue weighted by molar-refractivity contribution is 5.80. The van der Waals surface area contributed by atoms with E-state index >= 15 is 0 Å². The van der Waals surface area contributed by atoms with Gasteiger partial charge < -0.3 is 9.15 Å². The zero-order valence-electron chi connectivity index (χ0n) is 13.6. The number of esters is 1. The molecule has 26 heavy (non-hydrogen) atoms. The minimum absolute atomic E-state index is 0.152. The molecule has 0 aliphatic rings.